The molecule has 1 rings (SSSR count). The van der Waals surface area contributed by atoms with E-state index < -0.39 is 0 Å². The highest BCUT2D eigenvalue weighted by Crippen LogP contribution is 2.17. The number of alkyl halides is 1. The number of halogens is 1. The van der Waals surface area contributed by atoms with Gasteiger partial charge in [-0.2, -0.15) is 0 Å². The summed E-state index contributed by atoms with van der Waals surface area (Å²) in [6.45, 7) is 3.17. The Morgan fingerprint density at radius 2 is 2.55 bits per heavy atom. The van der Waals surface area contributed by atoms with Crippen LogP contribution in [0.3, 0.4) is 0 Å². The Hall–Kier alpha value is -0.700. The molecule has 0 bridgehead atoms. The maximum Gasteiger partial charge on any atom is 0.276 e. The Kier molecular flexibility index (Phi) is 2.76. The first-order chi connectivity index (χ1) is 5.24. The van der Waals surface area contributed by atoms with Gasteiger partial charge in [0.25, 0.3) is 5.91 Å². The van der Waals surface area contributed by atoms with Gasteiger partial charge in [-0.25, -0.2) is 4.99 Å². The lowest BCUT2D eigenvalue weighted by Crippen LogP contribution is -2.02. The molecule has 0 aromatic heterocycles. The van der Waals surface area contributed by atoms with Gasteiger partial charge >= 0.3 is 0 Å². The van der Waals surface area contributed by atoms with Crippen LogP contribution in [0, 0.1) is 0 Å². The number of allylic oxidation sites excluding steroid dienone is 2. The van der Waals surface area contributed by atoms with Crippen LogP contribution in [0.15, 0.2) is 28.8 Å². The number of carbonyl (C=O) groups is 1. The molecule has 1 aliphatic carbocycles. The molecule has 0 fully saturated rings. The van der Waals surface area contributed by atoms with E-state index in [1.165, 1.54) is 0 Å². The van der Waals surface area contributed by atoms with Gasteiger partial charge in [0.15, 0.2) is 0 Å². The molecule has 0 saturated heterocycles. The third kappa shape index (κ3) is 2.12. The van der Waals surface area contributed by atoms with E-state index in [9.17, 15) is 4.79 Å². The number of hydrogen-bond donors (Lipinski definition) is 0. The van der Waals surface area contributed by atoms with E-state index in [0.717, 1.165) is 6.42 Å². The summed E-state index contributed by atoms with van der Waals surface area (Å²) in [5.41, 5.74) is 0.635. The average molecular weight is 214 g/mol. The van der Waals surface area contributed by atoms with Crippen molar-refractivity contribution >= 4 is 28.6 Å². The van der Waals surface area contributed by atoms with Crippen LogP contribution >= 0.6 is 15.9 Å². The minimum absolute atomic E-state index is 0.249. The zero-order valence-electron chi connectivity index (χ0n) is 5.96. The van der Waals surface area contributed by atoms with E-state index in [0.29, 0.717) is 10.4 Å². The molecular formula is C8H8BrNO. The molecule has 0 spiro atoms. The van der Waals surface area contributed by atoms with Crippen molar-refractivity contribution in [2.45, 2.75) is 11.2 Å². The number of carbonyl (C=O) groups excluding carboxylic acids is 1. The van der Waals surface area contributed by atoms with Gasteiger partial charge in [0.05, 0.1) is 0 Å². The summed E-state index contributed by atoms with van der Waals surface area (Å²) in [6, 6.07) is 0. The molecule has 1 amide bonds. The summed E-state index contributed by atoms with van der Waals surface area (Å²) < 4.78 is 0. The Morgan fingerprint density at radius 1 is 1.82 bits per heavy atom. The van der Waals surface area contributed by atoms with Crippen molar-refractivity contribution in [3.8, 4) is 0 Å². The fraction of sp³-hybridized carbons (Fsp3) is 0.250. The lowest BCUT2D eigenvalue weighted by atomic mass is 10.1. The van der Waals surface area contributed by atoms with Crippen LogP contribution in [-0.4, -0.2) is 17.5 Å². The SMILES string of the molecule is C=NC(=O)C1=CCC(Br)C=C1. The van der Waals surface area contributed by atoms with Crippen LogP contribution in [0.4, 0.5) is 0 Å². The molecule has 0 aliphatic heterocycles. The molecule has 58 valence electrons. The van der Waals surface area contributed by atoms with Crippen molar-refractivity contribution in [1.82, 2.24) is 0 Å². The van der Waals surface area contributed by atoms with Crippen LogP contribution < -0.4 is 0 Å². The summed E-state index contributed by atoms with van der Waals surface area (Å²) in [6.07, 6.45) is 6.39. The lowest BCUT2D eigenvalue weighted by Gasteiger charge is -2.06. The fourth-order valence-electron chi connectivity index (χ4n) is 0.844. The Balaban J connectivity index is 2.70. The minimum Gasteiger partial charge on any atom is -0.267 e. The number of amides is 1. The van der Waals surface area contributed by atoms with Crippen molar-refractivity contribution < 1.29 is 4.79 Å². The first-order valence-electron chi connectivity index (χ1n) is 3.27. The van der Waals surface area contributed by atoms with E-state index in [4.69, 9.17) is 0 Å². The Bertz CT molecular complexity index is 242. The Morgan fingerprint density at radius 3 is 3.00 bits per heavy atom. The molecule has 1 unspecified atom stereocenters. The number of aliphatic imine (C=N–C) groups is 1. The zero-order chi connectivity index (χ0) is 8.27. The quantitative estimate of drug-likeness (QED) is 0.483. The first kappa shape index (κ1) is 8.40. The third-order valence-corrected chi connectivity index (χ3v) is 2.12. The fourth-order valence-corrected chi connectivity index (χ4v) is 1.18. The molecule has 2 nitrogen and oxygen atoms in total. The van der Waals surface area contributed by atoms with Crippen LogP contribution in [0.25, 0.3) is 0 Å². The van der Waals surface area contributed by atoms with Crippen molar-refractivity contribution in [1.29, 1.82) is 0 Å². The summed E-state index contributed by atoms with van der Waals surface area (Å²) in [7, 11) is 0. The summed E-state index contributed by atoms with van der Waals surface area (Å²) in [5, 5.41) is 0. The molecule has 0 saturated carbocycles. The van der Waals surface area contributed by atoms with Crippen molar-refractivity contribution in [3.63, 3.8) is 0 Å². The van der Waals surface area contributed by atoms with Crippen molar-refractivity contribution in [3.05, 3.63) is 23.8 Å². The normalized spacial score (nSPS) is 22.6. The van der Waals surface area contributed by atoms with Crippen molar-refractivity contribution in [2.75, 3.05) is 0 Å². The second kappa shape index (κ2) is 3.62. The molecule has 0 N–H and O–H groups in total. The monoisotopic (exact) mass is 213 g/mol. The van der Waals surface area contributed by atoms with Crippen LogP contribution in [0.1, 0.15) is 6.42 Å². The van der Waals surface area contributed by atoms with Crippen LogP contribution in [-0.2, 0) is 4.79 Å². The molecule has 1 atom stereocenters. The average Bonchev–Trinajstić information content (AvgIpc) is 2.05. The molecule has 11 heavy (non-hydrogen) atoms. The standard InChI is InChI=1S/C8H8BrNO/c1-10-8(11)6-2-4-7(9)5-3-6/h2-4,7H,1,5H2. The molecule has 1 aliphatic rings. The maximum absolute atomic E-state index is 10.9. The highest BCUT2D eigenvalue weighted by atomic mass is 79.9. The van der Waals surface area contributed by atoms with E-state index >= 15 is 0 Å². The summed E-state index contributed by atoms with van der Waals surface area (Å²) in [4.78, 5) is 14.6. The maximum atomic E-state index is 10.9. The highest BCUT2D eigenvalue weighted by Gasteiger charge is 2.09. The van der Waals surface area contributed by atoms with Gasteiger partial charge in [-0.3, -0.25) is 4.79 Å². The zero-order valence-corrected chi connectivity index (χ0v) is 7.54. The van der Waals surface area contributed by atoms with Gasteiger partial charge in [0, 0.05) is 10.4 Å². The molecule has 3 heteroatoms. The van der Waals surface area contributed by atoms with Gasteiger partial charge in [-0.15, -0.1) is 0 Å². The molecule has 0 aromatic rings. The minimum atomic E-state index is -0.249. The number of nitrogens with zero attached hydrogens (tertiary/aromatic N) is 1. The van der Waals surface area contributed by atoms with E-state index in [-0.39, 0.29) is 5.91 Å². The molecular weight excluding hydrogens is 206 g/mol. The van der Waals surface area contributed by atoms with E-state index in [2.05, 4.69) is 27.6 Å². The van der Waals surface area contributed by atoms with Gasteiger partial charge in [0.1, 0.15) is 0 Å². The number of hydrogen-bond acceptors (Lipinski definition) is 1. The predicted molar refractivity (Wildman–Crippen MR) is 49.1 cm³/mol. The largest absolute Gasteiger partial charge is 0.276 e. The van der Waals surface area contributed by atoms with Gasteiger partial charge < -0.3 is 0 Å². The predicted octanol–water partition coefficient (Wildman–Crippen LogP) is 1.86. The highest BCUT2D eigenvalue weighted by molar-refractivity contribution is 9.09. The third-order valence-electron chi connectivity index (χ3n) is 1.44. The smallest absolute Gasteiger partial charge is 0.267 e. The first-order valence-corrected chi connectivity index (χ1v) is 4.19. The molecule has 0 heterocycles. The van der Waals surface area contributed by atoms with E-state index in [1.807, 2.05) is 12.2 Å². The van der Waals surface area contributed by atoms with Gasteiger partial charge in [-0.05, 0) is 13.1 Å². The second-order valence-electron chi connectivity index (χ2n) is 2.23. The van der Waals surface area contributed by atoms with Gasteiger partial charge in [-0.1, -0.05) is 34.2 Å². The molecule has 0 aromatic carbocycles. The molecule has 0 radical (unpaired) electrons. The summed E-state index contributed by atoms with van der Waals surface area (Å²) in [5.74, 6) is -0.249. The Labute approximate surface area is 73.8 Å². The topological polar surface area (TPSA) is 29.4 Å². The van der Waals surface area contributed by atoms with Crippen LogP contribution in [0.5, 0.6) is 0 Å². The van der Waals surface area contributed by atoms with Crippen LogP contribution in [0.2, 0.25) is 0 Å². The van der Waals surface area contributed by atoms with Crippen molar-refractivity contribution in [2.24, 2.45) is 4.99 Å². The lowest BCUT2D eigenvalue weighted by molar-refractivity contribution is -0.114. The second-order valence-corrected chi connectivity index (χ2v) is 3.41. The summed E-state index contributed by atoms with van der Waals surface area (Å²) >= 11 is 3.40. The van der Waals surface area contributed by atoms with E-state index in [1.54, 1.807) is 6.08 Å². The van der Waals surface area contributed by atoms with Gasteiger partial charge in [0.2, 0.25) is 0 Å². The number of rotatable bonds is 1.